The molecule has 0 unspecified atom stereocenters. The zero-order valence-corrected chi connectivity index (χ0v) is 92.3. The Morgan fingerprint density at radius 3 is 0.940 bits per heavy atom. The molecule has 3 aliphatic heterocycles. The Morgan fingerprint density at radius 1 is 0.220 bits per heavy atom. The lowest BCUT2D eigenvalue weighted by Crippen LogP contribution is -2.75. The number of pyridine rings is 3. The third kappa shape index (κ3) is 18.3. The van der Waals surface area contributed by atoms with E-state index in [1.54, 1.807) is 0 Å². The highest BCUT2D eigenvalue weighted by atomic mass is 32.1. The van der Waals surface area contributed by atoms with Gasteiger partial charge in [-0.3, -0.25) is 0 Å². The lowest BCUT2D eigenvalue weighted by molar-refractivity contribution is -0.660. The van der Waals surface area contributed by atoms with Gasteiger partial charge in [-0.1, -0.05) is 481 Å². The van der Waals surface area contributed by atoms with Gasteiger partial charge < -0.3 is 0 Å². The summed E-state index contributed by atoms with van der Waals surface area (Å²) in [6.07, 6.45) is 13.4. The fourth-order valence-corrected chi connectivity index (χ4v) is 28.1. The van der Waals surface area contributed by atoms with Crippen LogP contribution in [-0.2, 0) is 21.1 Å². The summed E-state index contributed by atoms with van der Waals surface area (Å²) in [6.45, 7) is 41.9. The van der Waals surface area contributed by atoms with Crippen molar-refractivity contribution in [3.63, 3.8) is 0 Å². The summed E-state index contributed by atoms with van der Waals surface area (Å²) in [4.78, 5) is 1.31. The van der Waals surface area contributed by atoms with Gasteiger partial charge in [0.1, 0.15) is 25.8 Å². The molecule has 4 aliphatic rings. The Labute approximate surface area is 898 Å². The van der Waals surface area contributed by atoms with Gasteiger partial charge in [0, 0.05) is 51.7 Å². The van der Waals surface area contributed by atoms with Gasteiger partial charge in [-0.05, 0) is 240 Å². The third-order valence-electron chi connectivity index (χ3n) is 34.8. The minimum absolute atomic E-state index is 0.145. The predicted octanol–water partition coefficient (Wildman–Crippen LogP) is 20.1. The molecule has 3 nitrogen and oxygen atoms in total. The van der Waals surface area contributed by atoms with Crippen LogP contribution in [0.1, 0.15) is 144 Å². The summed E-state index contributed by atoms with van der Waals surface area (Å²) >= 11 is 1.93. The molecular weight excluding hydrogens is 1820 g/mol. The average Bonchev–Trinajstić information content (AvgIpc) is 1.04. The highest BCUT2D eigenvalue weighted by Gasteiger charge is 2.46. The number of aromatic nitrogens is 3. The molecule has 0 atom stereocenters. The second kappa shape index (κ2) is 41.3. The quantitative estimate of drug-likeness (QED) is 0.0760. The molecule has 1 fully saturated rings. The molecule has 1 aliphatic carbocycles. The predicted molar refractivity (Wildman–Crippen MR) is 653 cm³/mol. The highest BCUT2D eigenvalue weighted by molar-refractivity contribution is 7.23. The Morgan fingerprint density at radius 2 is 0.540 bits per heavy atom. The van der Waals surface area contributed by atoms with E-state index in [0.717, 1.165) is 0 Å². The van der Waals surface area contributed by atoms with E-state index in [1.165, 1.54) is 324 Å². The molecular formula is C140H134B6N3S+3. The summed E-state index contributed by atoms with van der Waals surface area (Å²) in [7, 11) is 6.55. The van der Waals surface area contributed by atoms with Gasteiger partial charge in [-0.25, -0.2) is 9.13 Å². The molecule has 24 rings (SSSR count). The molecule has 0 radical (unpaired) electrons. The first-order chi connectivity index (χ1) is 72.6. The van der Waals surface area contributed by atoms with Crippen LogP contribution in [0.15, 0.2) is 364 Å². The molecule has 16 aromatic carbocycles. The molecule has 20 aromatic rings. The van der Waals surface area contributed by atoms with Crippen LogP contribution in [0.3, 0.4) is 0 Å². The molecule has 0 N–H and O–H groups in total. The van der Waals surface area contributed by atoms with Crippen LogP contribution in [0.5, 0.6) is 0 Å². The van der Waals surface area contributed by atoms with Crippen molar-refractivity contribution >= 4 is 160 Å². The van der Waals surface area contributed by atoms with Crippen LogP contribution in [0.4, 0.5) is 0 Å². The summed E-state index contributed by atoms with van der Waals surface area (Å²) < 4.78 is 8.22. The van der Waals surface area contributed by atoms with E-state index in [0.29, 0.717) is 5.92 Å². The van der Waals surface area contributed by atoms with Crippen molar-refractivity contribution in [2.75, 3.05) is 0 Å². The Balaban J connectivity index is 0.000000127. The van der Waals surface area contributed by atoms with Crippen LogP contribution in [0, 0.1) is 125 Å². The zero-order chi connectivity index (χ0) is 104. The number of hydrogen-bond donors (Lipinski definition) is 0. The fourth-order valence-electron chi connectivity index (χ4n) is 26.9. The van der Waals surface area contributed by atoms with Crippen LogP contribution in [-0.4, -0.2) is 40.3 Å². The van der Waals surface area contributed by atoms with E-state index >= 15 is 0 Å². The summed E-state index contributed by atoms with van der Waals surface area (Å²) in [5, 5.41) is 1.30. The van der Waals surface area contributed by atoms with Gasteiger partial charge in [0.25, 0.3) is 0 Å². The normalized spacial score (nSPS) is 13.0. The van der Waals surface area contributed by atoms with Crippen molar-refractivity contribution < 1.29 is 13.7 Å². The zero-order valence-electron chi connectivity index (χ0n) is 91.5. The number of hydrogen-bond acceptors (Lipinski definition) is 1. The molecule has 730 valence electrons. The van der Waals surface area contributed by atoms with E-state index in [4.69, 9.17) is 0 Å². The van der Waals surface area contributed by atoms with Gasteiger partial charge in [0.05, 0.1) is 5.56 Å². The average molecular weight is 1960 g/mol. The molecule has 0 bridgehead atoms. The lowest BCUT2D eigenvalue weighted by atomic mass is 9.20. The lowest BCUT2D eigenvalue weighted by Gasteiger charge is -2.34. The van der Waals surface area contributed by atoms with E-state index < -0.39 is 0 Å². The fraction of sp³-hybridized carbons (Fsp3) is 0.193. The minimum Gasteiger partial charge on any atom is -0.201 e. The van der Waals surface area contributed by atoms with Crippen LogP contribution in [0.25, 0.3) is 87.7 Å². The van der Waals surface area contributed by atoms with E-state index in [2.05, 4.69) is 524 Å². The smallest absolute Gasteiger partial charge is 0.201 e. The van der Waals surface area contributed by atoms with Crippen molar-refractivity contribution in [3.05, 3.63) is 470 Å². The van der Waals surface area contributed by atoms with E-state index in [9.17, 15) is 0 Å². The molecule has 4 aromatic heterocycles. The number of benzene rings is 16. The molecule has 7 heterocycles. The first-order valence-corrected chi connectivity index (χ1v) is 55.3. The number of nitrogens with zero attached hydrogens (tertiary/aromatic N) is 3. The van der Waals surface area contributed by atoms with Crippen LogP contribution < -0.4 is 112 Å². The minimum atomic E-state index is 0.145. The Bertz CT molecular complexity index is 8630. The Kier molecular flexibility index (Phi) is 27.5. The number of aryl methyl sites for hydroxylation is 19. The van der Waals surface area contributed by atoms with Gasteiger partial charge >= 0.3 is 0 Å². The van der Waals surface area contributed by atoms with Gasteiger partial charge in [0.2, 0.25) is 57.4 Å². The molecule has 0 spiro atoms. The highest BCUT2D eigenvalue weighted by Crippen LogP contribution is 2.42. The monoisotopic (exact) mass is 1960 g/mol. The number of thiophene rings is 1. The van der Waals surface area contributed by atoms with Crippen molar-refractivity contribution in [1.29, 1.82) is 0 Å². The second-order valence-corrected chi connectivity index (χ2v) is 45.4. The van der Waals surface area contributed by atoms with Crippen molar-refractivity contribution in [3.8, 4) is 77.6 Å². The van der Waals surface area contributed by atoms with Crippen LogP contribution in [0.2, 0.25) is 0 Å². The maximum atomic E-state index is 2.54. The summed E-state index contributed by atoms with van der Waals surface area (Å²) in [6, 6.07) is 132. The van der Waals surface area contributed by atoms with Gasteiger partial charge in [0.15, 0.2) is 18.6 Å². The topological polar surface area (TPSA) is 11.6 Å². The van der Waals surface area contributed by atoms with Crippen molar-refractivity contribution in [1.82, 2.24) is 0 Å². The number of fused-ring (bicyclic) bond motifs is 7. The molecule has 150 heavy (non-hydrogen) atoms. The second-order valence-electron chi connectivity index (χ2n) is 44.3. The number of rotatable bonds is 14. The standard InChI is InChI=1S/C48H50B2N.C47H42B2N.C45H42B2NS/c1-31-15-13-16-32(2)47(31)49-42-21-11-12-22-43(42)50(48-33(3)17-14-18-34(48)4)45-29-38(23-24-44(45)49)39-25-26-51(7)46(30-39)41-28-40(27-35(5)36(41)6)37-19-9-8-10-20-37;1-31-22-23-37(36-18-8-7-9-19-36)28-40(31)45-30-39(26-27-50(45)6)38-24-25-43-44(29-38)49(47-34(4)16-13-17-35(47)5)42-21-11-10-20-41(42)48(43)46-32(2)14-12-15-33(46)3;1-27-23-32(6)33(7)36(24-27)44-45-35(21-22-48(44)8)26-41(49-45)34-19-20-39-40(25-34)47(43-30(4)15-12-16-31(43)5)38-18-10-9-17-37(38)46(39)42-28(2)13-11-14-29(42)3/h11-18,21-30,37H,8-10,19-20H2,1-7H3;7-30H,1-6H3;9-26H,1-8H3/q3*+1. The van der Waals surface area contributed by atoms with Crippen molar-refractivity contribution in [2.45, 2.75) is 163 Å². The van der Waals surface area contributed by atoms with Crippen molar-refractivity contribution in [2.24, 2.45) is 21.1 Å². The first-order valence-electron chi connectivity index (χ1n) is 54.5. The SMILES string of the molecule is Cc1cc(C)c(C)c(-c2c3sc(-c4ccc5c(c4)B(c4c(C)cccc4C)c4ccccc4B5c4c(C)cccc4C)cc3cc[n+]2C)c1.Cc1cc(C2CCCCC2)cc(-c2cc(-c3ccc4c(c3)B(c3c(C)cccc3C)c3ccccc3B4c3c(C)cccc3C)cc[n+]2C)c1C.Cc1ccc(-c2ccccc2)cc1-c1cc(-c2ccc3c(c2)B(c2c(C)cccc2C)c2ccccc2B3c2c(C)cccc2C)cc[n+]1C. The largest absolute Gasteiger partial charge is 0.240 e. The maximum absolute atomic E-state index is 2.54. The summed E-state index contributed by atoms with van der Waals surface area (Å²) in [5.74, 6) is 0.681. The third-order valence-corrected chi connectivity index (χ3v) is 36.0. The molecule has 10 heteroatoms. The van der Waals surface area contributed by atoms with Crippen LogP contribution >= 0.6 is 11.3 Å². The molecule has 1 saturated carbocycles. The van der Waals surface area contributed by atoms with E-state index in [-0.39, 0.29) is 40.3 Å². The summed E-state index contributed by atoms with van der Waals surface area (Å²) in [5.41, 5.74) is 68.0. The maximum Gasteiger partial charge on any atom is 0.240 e. The Hall–Kier alpha value is -14.7. The molecule has 0 amide bonds. The van der Waals surface area contributed by atoms with Gasteiger partial charge in [-0.15, -0.1) is 11.3 Å². The van der Waals surface area contributed by atoms with E-state index in [1.807, 2.05) is 11.3 Å². The molecule has 0 saturated heterocycles. The van der Waals surface area contributed by atoms with Gasteiger partial charge in [-0.2, -0.15) is 4.57 Å². The first kappa shape index (κ1) is 99.9.